The maximum Gasteiger partial charge on any atom is 0.246 e. The van der Waals surface area contributed by atoms with Gasteiger partial charge in [0.25, 0.3) is 0 Å². The van der Waals surface area contributed by atoms with Gasteiger partial charge in [-0.15, -0.1) is 0 Å². The number of hydrogen-bond acceptors (Lipinski definition) is 4. The van der Waals surface area contributed by atoms with Gasteiger partial charge in [-0.1, -0.05) is 12.1 Å². The number of amides is 2. The Balaban J connectivity index is 1.57. The molecule has 2 aromatic rings. The Kier molecular flexibility index (Phi) is 6.75. The lowest BCUT2D eigenvalue weighted by atomic mass is 10.0. The minimum Gasteiger partial charge on any atom is -0.497 e. The smallest absolute Gasteiger partial charge is 0.246 e. The molecule has 6 heteroatoms. The summed E-state index contributed by atoms with van der Waals surface area (Å²) in [5, 5.41) is 6.08. The number of aryl methyl sites for hydroxylation is 1. The van der Waals surface area contributed by atoms with E-state index in [1.807, 2.05) is 61.2 Å². The first kappa shape index (κ1) is 20.7. The normalized spacial score (nSPS) is 13.0. The Morgan fingerprint density at radius 1 is 1.14 bits per heavy atom. The molecule has 0 fully saturated rings. The number of fused-ring (bicyclic) bond motifs is 1. The van der Waals surface area contributed by atoms with E-state index >= 15 is 0 Å². The number of carbonyl (C=O) groups excluding carboxylic acids is 2. The van der Waals surface area contributed by atoms with E-state index in [0.29, 0.717) is 6.42 Å². The average Bonchev–Trinajstić information content (AvgIpc) is 2.71. The number of rotatable bonds is 7. The molecule has 0 aromatic heterocycles. The van der Waals surface area contributed by atoms with Gasteiger partial charge in [0.15, 0.2) is 0 Å². The van der Waals surface area contributed by atoms with Crippen LogP contribution >= 0.6 is 0 Å². The van der Waals surface area contributed by atoms with Crippen LogP contribution in [0.3, 0.4) is 0 Å². The van der Waals surface area contributed by atoms with Crippen LogP contribution in [0.2, 0.25) is 0 Å². The van der Waals surface area contributed by atoms with Crippen LogP contribution < -0.4 is 20.3 Å². The maximum atomic E-state index is 12.8. The summed E-state index contributed by atoms with van der Waals surface area (Å²) in [6.45, 7) is 4.83. The molecule has 2 N–H and O–H groups in total. The predicted molar refractivity (Wildman–Crippen MR) is 116 cm³/mol. The van der Waals surface area contributed by atoms with Crippen molar-refractivity contribution in [3.63, 3.8) is 0 Å². The fourth-order valence-electron chi connectivity index (χ4n) is 3.53. The van der Waals surface area contributed by atoms with Gasteiger partial charge in [0.2, 0.25) is 11.8 Å². The van der Waals surface area contributed by atoms with E-state index in [1.54, 1.807) is 7.11 Å². The van der Waals surface area contributed by atoms with Crippen molar-refractivity contribution in [2.75, 3.05) is 30.4 Å². The summed E-state index contributed by atoms with van der Waals surface area (Å²) < 4.78 is 5.29. The van der Waals surface area contributed by atoms with Gasteiger partial charge in [0.1, 0.15) is 5.75 Å². The van der Waals surface area contributed by atoms with Gasteiger partial charge < -0.3 is 20.3 Å². The summed E-state index contributed by atoms with van der Waals surface area (Å²) in [6, 6.07) is 13.6. The van der Waals surface area contributed by atoms with E-state index in [-0.39, 0.29) is 24.4 Å². The molecule has 1 heterocycles. The third-order valence-electron chi connectivity index (χ3n) is 4.92. The molecule has 29 heavy (non-hydrogen) atoms. The van der Waals surface area contributed by atoms with Crippen molar-refractivity contribution in [2.45, 2.75) is 39.2 Å². The number of methoxy groups -OCH3 is 1. The monoisotopic (exact) mass is 395 g/mol. The fourth-order valence-corrected chi connectivity index (χ4v) is 3.53. The lowest BCUT2D eigenvalue weighted by Crippen LogP contribution is -2.39. The highest BCUT2D eigenvalue weighted by Gasteiger charge is 2.22. The minimum absolute atomic E-state index is 0.0104. The van der Waals surface area contributed by atoms with Gasteiger partial charge in [-0.2, -0.15) is 0 Å². The molecule has 1 aliphatic heterocycles. The Morgan fingerprint density at radius 2 is 1.90 bits per heavy atom. The number of hydrogen-bond donors (Lipinski definition) is 2. The number of carbonyl (C=O) groups is 2. The van der Waals surface area contributed by atoms with Crippen LogP contribution in [0.15, 0.2) is 42.5 Å². The molecule has 6 nitrogen and oxygen atoms in total. The Labute approximate surface area is 172 Å². The molecule has 3 rings (SSSR count). The summed E-state index contributed by atoms with van der Waals surface area (Å²) in [5.41, 5.74) is 3.92. The standard InChI is InChI=1S/C23H29N3O3/c1-16(2)25-22(27)13-17-6-8-19(9-7-17)24-15-23(28)26-12-4-5-18-14-20(29-3)10-11-21(18)26/h6-11,14,16,24H,4-5,12-13,15H2,1-3H3,(H,25,27). The highest BCUT2D eigenvalue weighted by molar-refractivity contribution is 5.97. The first-order valence-electron chi connectivity index (χ1n) is 10.1. The van der Waals surface area contributed by atoms with E-state index < -0.39 is 0 Å². The van der Waals surface area contributed by atoms with Gasteiger partial charge in [-0.05, 0) is 68.1 Å². The van der Waals surface area contributed by atoms with Crippen LogP contribution in [0, 0.1) is 0 Å². The number of ether oxygens (including phenoxy) is 1. The van der Waals surface area contributed by atoms with Crippen LogP contribution in [0.1, 0.15) is 31.4 Å². The van der Waals surface area contributed by atoms with Crippen molar-refractivity contribution in [3.05, 3.63) is 53.6 Å². The quantitative estimate of drug-likeness (QED) is 0.756. The van der Waals surface area contributed by atoms with Crippen LogP contribution in [0.4, 0.5) is 11.4 Å². The molecule has 0 unspecified atom stereocenters. The summed E-state index contributed by atoms with van der Waals surface area (Å²) in [4.78, 5) is 26.5. The molecule has 0 aliphatic carbocycles. The number of nitrogens with zero attached hydrogens (tertiary/aromatic N) is 1. The average molecular weight is 396 g/mol. The number of nitrogens with one attached hydrogen (secondary N) is 2. The second kappa shape index (κ2) is 9.45. The van der Waals surface area contributed by atoms with Crippen LogP contribution in [0.5, 0.6) is 5.75 Å². The molecular formula is C23H29N3O3. The molecule has 2 amide bonds. The first-order chi connectivity index (χ1) is 14.0. The van der Waals surface area contributed by atoms with Crippen molar-refractivity contribution in [3.8, 4) is 5.75 Å². The van der Waals surface area contributed by atoms with Crippen LogP contribution in [0.25, 0.3) is 0 Å². The molecule has 0 spiro atoms. The maximum absolute atomic E-state index is 12.8. The third kappa shape index (κ3) is 5.50. The molecule has 0 saturated heterocycles. The van der Waals surface area contributed by atoms with Gasteiger partial charge in [0.05, 0.1) is 20.1 Å². The largest absolute Gasteiger partial charge is 0.497 e. The van der Waals surface area contributed by atoms with Crippen LogP contribution in [-0.2, 0) is 22.4 Å². The first-order valence-corrected chi connectivity index (χ1v) is 10.1. The molecule has 0 saturated carbocycles. The van der Waals surface area contributed by atoms with Crippen molar-refractivity contribution >= 4 is 23.2 Å². The zero-order chi connectivity index (χ0) is 20.8. The molecule has 0 bridgehead atoms. The molecule has 1 aliphatic rings. The van der Waals surface area contributed by atoms with Crippen molar-refractivity contribution in [2.24, 2.45) is 0 Å². The van der Waals surface area contributed by atoms with Gasteiger partial charge in [0, 0.05) is 24.0 Å². The fraction of sp³-hybridized carbons (Fsp3) is 0.391. The second-order valence-electron chi connectivity index (χ2n) is 7.59. The van der Waals surface area contributed by atoms with E-state index in [1.165, 1.54) is 0 Å². The predicted octanol–water partition coefficient (Wildman–Crippen LogP) is 3.15. The number of anilines is 2. The minimum atomic E-state index is 0.0104. The Hall–Kier alpha value is -3.02. The number of benzene rings is 2. The molecule has 2 aromatic carbocycles. The lowest BCUT2D eigenvalue weighted by Gasteiger charge is -2.30. The zero-order valence-corrected chi connectivity index (χ0v) is 17.3. The zero-order valence-electron chi connectivity index (χ0n) is 17.3. The summed E-state index contributed by atoms with van der Waals surface area (Å²) in [5.74, 6) is 0.867. The van der Waals surface area contributed by atoms with Crippen molar-refractivity contribution in [1.82, 2.24) is 5.32 Å². The third-order valence-corrected chi connectivity index (χ3v) is 4.92. The SMILES string of the molecule is COc1ccc2c(c1)CCCN2C(=O)CNc1ccc(CC(=O)NC(C)C)cc1. The summed E-state index contributed by atoms with van der Waals surface area (Å²) >= 11 is 0. The highest BCUT2D eigenvalue weighted by atomic mass is 16.5. The summed E-state index contributed by atoms with van der Waals surface area (Å²) in [7, 11) is 1.65. The van der Waals surface area contributed by atoms with Gasteiger partial charge in [-0.3, -0.25) is 9.59 Å². The topological polar surface area (TPSA) is 70.7 Å². The van der Waals surface area contributed by atoms with E-state index in [0.717, 1.165) is 47.6 Å². The van der Waals surface area contributed by atoms with Crippen LogP contribution in [-0.4, -0.2) is 38.1 Å². The molecule has 0 radical (unpaired) electrons. The molecular weight excluding hydrogens is 366 g/mol. The lowest BCUT2D eigenvalue weighted by molar-refractivity contribution is -0.121. The van der Waals surface area contributed by atoms with Crippen molar-refractivity contribution in [1.29, 1.82) is 0 Å². The summed E-state index contributed by atoms with van der Waals surface area (Å²) in [6.07, 6.45) is 2.25. The molecule has 0 atom stereocenters. The Bertz CT molecular complexity index is 862. The van der Waals surface area contributed by atoms with Gasteiger partial charge >= 0.3 is 0 Å². The van der Waals surface area contributed by atoms with E-state index in [9.17, 15) is 9.59 Å². The Morgan fingerprint density at radius 3 is 2.59 bits per heavy atom. The van der Waals surface area contributed by atoms with E-state index in [4.69, 9.17) is 4.74 Å². The highest BCUT2D eigenvalue weighted by Crippen LogP contribution is 2.30. The van der Waals surface area contributed by atoms with Crippen molar-refractivity contribution < 1.29 is 14.3 Å². The second-order valence-corrected chi connectivity index (χ2v) is 7.59. The van der Waals surface area contributed by atoms with E-state index in [2.05, 4.69) is 10.6 Å². The molecule has 154 valence electrons. The van der Waals surface area contributed by atoms with Gasteiger partial charge in [-0.25, -0.2) is 0 Å².